The second-order valence-electron chi connectivity index (χ2n) is 2.53. The number of hydrogen-bond donors (Lipinski definition) is 1. The van der Waals surface area contributed by atoms with Crippen molar-refractivity contribution in [3.63, 3.8) is 0 Å². The smallest absolute Gasteiger partial charge is 0.338 e. The van der Waals surface area contributed by atoms with E-state index in [0.717, 1.165) is 7.11 Å². The summed E-state index contributed by atoms with van der Waals surface area (Å²) in [6.07, 6.45) is 0. The number of hydrogen-bond acceptors (Lipinski definition) is 5. The molecule has 0 aliphatic rings. The van der Waals surface area contributed by atoms with Gasteiger partial charge in [-0.15, -0.1) is 0 Å². The standard InChI is InChI=1S/C10H10O4.CH4O/c1-13-9(11)7-5-3-4-6-8(7)10(12)14-2;1-2/h3-6H,1-2H3;2H,1H3. The summed E-state index contributed by atoms with van der Waals surface area (Å²) in [6, 6.07) is 6.33. The molecule has 1 aromatic carbocycles. The Bertz CT molecular complexity index is 324. The van der Waals surface area contributed by atoms with Crippen LogP contribution in [0.4, 0.5) is 0 Å². The van der Waals surface area contributed by atoms with Crippen molar-refractivity contribution in [2.24, 2.45) is 0 Å². The van der Waals surface area contributed by atoms with Gasteiger partial charge >= 0.3 is 11.9 Å². The van der Waals surface area contributed by atoms with E-state index in [1.165, 1.54) is 26.4 Å². The minimum atomic E-state index is -0.550. The van der Waals surface area contributed by atoms with Gasteiger partial charge < -0.3 is 14.6 Å². The number of aliphatic hydroxyl groups excluding tert-OH is 1. The van der Waals surface area contributed by atoms with Crippen LogP contribution < -0.4 is 0 Å². The Balaban J connectivity index is 0.00000106. The third-order valence-corrected chi connectivity index (χ3v) is 1.74. The third kappa shape index (κ3) is 3.36. The van der Waals surface area contributed by atoms with Crippen molar-refractivity contribution in [3.8, 4) is 0 Å². The van der Waals surface area contributed by atoms with Crippen LogP contribution in [0.5, 0.6) is 0 Å². The quantitative estimate of drug-likeness (QED) is 0.757. The largest absolute Gasteiger partial charge is 0.465 e. The maximum absolute atomic E-state index is 11.2. The zero-order chi connectivity index (χ0) is 12.6. The van der Waals surface area contributed by atoms with Crippen molar-refractivity contribution in [3.05, 3.63) is 35.4 Å². The Morgan fingerprint density at radius 2 is 1.25 bits per heavy atom. The molecule has 1 rings (SSSR count). The first-order chi connectivity index (χ1) is 7.70. The van der Waals surface area contributed by atoms with Crippen molar-refractivity contribution in [1.82, 2.24) is 0 Å². The summed E-state index contributed by atoms with van der Waals surface area (Å²) < 4.78 is 9.05. The average Bonchev–Trinajstić information content (AvgIpc) is 2.39. The fraction of sp³-hybridized carbons (Fsp3) is 0.273. The average molecular weight is 226 g/mol. The van der Waals surface area contributed by atoms with Crippen LogP contribution in [0, 0.1) is 0 Å². The van der Waals surface area contributed by atoms with E-state index in [9.17, 15) is 9.59 Å². The highest BCUT2D eigenvalue weighted by Crippen LogP contribution is 2.10. The highest BCUT2D eigenvalue weighted by Gasteiger charge is 2.16. The van der Waals surface area contributed by atoms with Gasteiger partial charge in [-0.25, -0.2) is 9.59 Å². The molecule has 1 aromatic rings. The van der Waals surface area contributed by atoms with Crippen LogP contribution in [0.3, 0.4) is 0 Å². The minimum Gasteiger partial charge on any atom is -0.465 e. The van der Waals surface area contributed by atoms with E-state index in [2.05, 4.69) is 9.47 Å². The SMILES string of the molecule is CO.COC(=O)c1ccccc1C(=O)OC. The molecular weight excluding hydrogens is 212 g/mol. The van der Waals surface area contributed by atoms with E-state index in [4.69, 9.17) is 5.11 Å². The van der Waals surface area contributed by atoms with Crippen LogP contribution in [-0.4, -0.2) is 38.4 Å². The lowest BCUT2D eigenvalue weighted by molar-refractivity contribution is 0.0555. The van der Waals surface area contributed by atoms with Crippen molar-refractivity contribution in [2.75, 3.05) is 21.3 Å². The number of aliphatic hydroxyl groups is 1. The van der Waals surface area contributed by atoms with Crippen LogP contribution in [0.1, 0.15) is 20.7 Å². The number of methoxy groups -OCH3 is 2. The highest BCUT2D eigenvalue weighted by atomic mass is 16.5. The second kappa shape index (κ2) is 7.42. The summed E-state index contributed by atoms with van der Waals surface area (Å²) in [5.74, 6) is -1.10. The van der Waals surface area contributed by atoms with Gasteiger partial charge in [-0.2, -0.15) is 0 Å². The molecule has 0 saturated heterocycles. The van der Waals surface area contributed by atoms with Crippen molar-refractivity contribution in [2.45, 2.75) is 0 Å². The summed E-state index contributed by atoms with van der Waals surface area (Å²) in [6.45, 7) is 0. The number of ether oxygens (including phenoxy) is 2. The fourth-order valence-corrected chi connectivity index (χ4v) is 1.06. The van der Waals surface area contributed by atoms with Crippen molar-refractivity contribution >= 4 is 11.9 Å². The van der Waals surface area contributed by atoms with E-state index in [1.54, 1.807) is 12.1 Å². The molecule has 0 aliphatic heterocycles. The summed E-state index contributed by atoms with van der Waals surface area (Å²) in [4.78, 5) is 22.4. The first-order valence-corrected chi connectivity index (χ1v) is 4.41. The summed E-state index contributed by atoms with van der Waals surface area (Å²) >= 11 is 0. The van der Waals surface area contributed by atoms with Crippen LogP contribution in [0.2, 0.25) is 0 Å². The monoisotopic (exact) mass is 226 g/mol. The molecule has 5 heteroatoms. The van der Waals surface area contributed by atoms with Gasteiger partial charge in [0.2, 0.25) is 0 Å². The number of esters is 2. The van der Waals surface area contributed by atoms with Crippen molar-refractivity contribution in [1.29, 1.82) is 0 Å². The molecule has 0 unspecified atom stereocenters. The molecule has 0 atom stereocenters. The van der Waals surface area contributed by atoms with Gasteiger partial charge in [-0.05, 0) is 12.1 Å². The normalized spacial score (nSPS) is 8.50. The first-order valence-electron chi connectivity index (χ1n) is 4.41. The van der Waals surface area contributed by atoms with Crippen LogP contribution in [0.15, 0.2) is 24.3 Å². The van der Waals surface area contributed by atoms with Gasteiger partial charge in [0, 0.05) is 7.11 Å². The predicted octanol–water partition coefficient (Wildman–Crippen LogP) is 0.868. The molecule has 0 aliphatic carbocycles. The first kappa shape index (κ1) is 14.1. The summed E-state index contributed by atoms with van der Waals surface area (Å²) in [5, 5.41) is 7.00. The third-order valence-electron chi connectivity index (χ3n) is 1.74. The lowest BCUT2D eigenvalue weighted by Gasteiger charge is -2.04. The van der Waals surface area contributed by atoms with Gasteiger partial charge in [-0.1, -0.05) is 12.1 Å². The van der Waals surface area contributed by atoms with E-state index in [-0.39, 0.29) is 11.1 Å². The summed E-state index contributed by atoms with van der Waals surface area (Å²) in [7, 11) is 3.52. The highest BCUT2D eigenvalue weighted by molar-refractivity contribution is 6.02. The van der Waals surface area contributed by atoms with Gasteiger partial charge in [0.15, 0.2) is 0 Å². The fourth-order valence-electron chi connectivity index (χ4n) is 1.06. The molecule has 0 spiro atoms. The Morgan fingerprint density at radius 3 is 1.50 bits per heavy atom. The molecule has 0 radical (unpaired) electrons. The van der Waals surface area contributed by atoms with Gasteiger partial charge in [0.1, 0.15) is 0 Å². The van der Waals surface area contributed by atoms with E-state index >= 15 is 0 Å². The number of carbonyl (C=O) groups is 2. The molecule has 0 bridgehead atoms. The van der Waals surface area contributed by atoms with Crippen LogP contribution in [0.25, 0.3) is 0 Å². The maximum atomic E-state index is 11.2. The maximum Gasteiger partial charge on any atom is 0.338 e. The number of carbonyl (C=O) groups excluding carboxylic acids is 2. The molecule has 0 aromatic heterocycles. The van der Waals surface area contributed by atoms with E-state index < -0.39 is 11.9 Å². The Hall–Kier alpha value is -1.88. The van der Waals surface area contributed by atoms with Gasteiger partial charge in [0.05, 0.1) is 25.3 Å². The molecular formula is C11H14O5. The molecule has 0 amide bonds. The number of rotatable bonds is 2. The van der Waals surface area contributed by atoms with Crippen molar-refractivity contribution < 1.29 is 24.2 Å². The molecule has 1 N–H and O–H groups in total. The van der Waals surface area contributed by atoms with E-state index in [0.29, 0.717) is 0 Å². The molecule has 0 saturated carbocycles. The predicted molar refractivity (Wildman–Crippen MR) is 57.3 cm³/mol. The molecule has 0 heterocycles. The topological polar surface area (TPSA) is 72.8 Å². The molecule has 88 valence electrons. The van der Waals surface area contributed by atoms with E-state index in [1.807, 2.05) is 0 Å². The lowest BCUT2D eigenvalue weighted by atomic mass is 10.1. The zero-order valence-electron chi connectivity index (χ0n) is 9.39. The second-order valence-corrected chi connectivity index (χ2v) is 2.53. The number of benzene rings is 1. The molecule has 16 heavy (non-hydrogen) atoms. The van der Waals surface area contributed by atoms with Crippen LogP contribution >= 0.6 is 0 Å². The molecule has 5 nitrogen and oxygen atoms in total. The van der Waals surface area contributed by atoms with Gasteiger partial charge in [-0.3, -0.25) is 0 Å². The van der Waals surface area contributed by atoms with Crippen LogP contribution in [-0.2, 0) is 9.47 Å². The zero-order valence-corrected chi connectivity index (χ0v) is 9.39. The molecule has 0 fully saturated rings. The Morgan fingerprint density at radius 1 is 0.938 bits per heavy atom. The Labute approximate surface area is 93.6 Å². The summed E-state index contributed by atoms with van der Waals surface area (Å²) in [5.41, 5.74) is 0.420. The minimum absolute atomic E-state index is 0.210. The lowest BCUT2D eigenvalue weighted by Crippen LogP contribution is -2.11. The van der Waals surface area contributed by atoms with Gasteiger partial charge in [0.25, 0.3) is 0 Å². The Kier molecular flexibility index (Phi) is 6.55.